The first kappa shape index (κ1) is 11.6. The van der Waals surface area contributed by atoms with Gasteiger partial charge in [0.15, 0.2) is 0 Å². The molecule has 1 heterocycles. The third-order valence-electron chi connectivity index (χ3n) is 3.71. The molecule has 0 atom stereocenters. The number of rotatable bonds is 0. The van der Waals surface area contributed by atoms with E-state index in [2.05, 4.69) is 4.99 Å². The highest BCUT2D eigenvalue weighted by atomic mass is 35.5. The molecular formula is C16H10ClNO2. The molecule has 2 aromatic rings. The van der Waals surface area contributed by atoms with Gasteiger partial charge in [-0.2, -0.15) is 0 Å². The zero-order valence-corrected chi connectivity index (χ0v) is 11.1. The van der Waals surface area contributed by atoms with Crippen LogP contribution in [0.2, 0.25) is 0 Å². The molecule has 2 aromatic carbocycles. The van der Waals surface area contributed by atoms with Crippen molar-refractivity contribution in [3.8, 4) is 11.5 Å². The van der Waals surface area contributed by atoms with Gasteiger partial charge in [0.2, 0.25) is 0 Å². The lowest BCUT2D eigenvalue weighted by atomic mass is 9.96. The molecule has 0 aromatic heterocycles. The van der Waals surface area contributed by atoms with Gasteiger partial charge in [-0.15, -0.1) is 0 Å². The van der Waals surface area contributed by atoms with Crippen LogP contribution in [0.4, 0.5) is 5.69 Å². The maximum Gasteiger partial charge on any atom is 0.116 e. The molecule has 0 saturated heterocycles. The second-order valence-corrected chi connectivity index (χ2v) is 5.35. The Kier molecular flexibility index (Phi) is 2.24. The lowest BCUT2D eigenvalue weighted by Crippen LogP contribution is -2.08. The summed E-state index contributed by atoms with van der Waals surface area (Å²) in [6, 6.07) is 10.3. The monoisotopic (exact) mass is 283 g/mol. The van der Waals surface area contributed by atoms with Gasteiger partial charge < -0.3 is 10.2 Å². The summed E-state index contributed by atoms with van der Waals surface area (Å²) >= 11 is 6.42. The van der Waals surface area contributed by atoms with E-state index in [0.717, 1.165) is 33.7 Å². The van der Waals surface area contributed by atoms with Crippen LogP contribution in [-0.2, 0) is 6.42 Å². The number of phenolic OH excluding ortho intramolecular Hbond substituents is 2. The minimum absolute atomic E-state index is 0.192. The van der Waals surface area contributed by atoms with Gasteiger partial charge in [-0.1, -0.05) is 11.6 Å². The highest BCUT2D eigenvalue weighted by Gasteiger charge is 2.30. The van der Waals surface area contributed by atoms with Crippen LogP contribution in [0.1, 0.15) is 16.7 Å². The minimum atomic E-state index is 0.192. The van der Waals surface area contributed by atoms with Crippen molar-refractivity contribution < 1.29 is 10.2 Å². The van der Waals surface area contributed by atoms with Crippen LogP contribution >= 0.6 is 11.6 Å². The van der Waals surface area contributed by atoms with Gasteiger partial charge >= 0.3 is 0 Å². The molecule has 2 N–H and O–H groups in total. The highest BCUT2D eigenvalue weighted by Crippen LogP contribution is 2.43. The molecule has 20 heavy (non-hydrogen) atoms. The van der Waals surface area contributed by atoms with Crippen molar-refractivity contribution >= 4 is 28.0 Å². The summed E-state index contributed by atoms with van der Waals surface area (Å²) in [5, 5.41) is 19.8. The topological polar surface area (TPSA) is 52.8 Å². The number of phenols is 2. The Labute approximate surface area is 120 Å². The summed E-state index contributed by atoms with van der Waals surface area (Å²) in [5.41, 5.74) is 5.39. The highest BCUT2D eigenvalue weighted by molar-refractivity contribution is 6.55. The number of hydrogen-bond acceptors (Lipinski definition) is 3. The number of hydrogen-bond donors (Lipinski definition) is 2. The molecule has 0 saturated carbocycles. The molecule has 0 unspecified atom stereocenters. The molecule has 4 heteroatoms. The van der Waals surface area contributed by atoms with E-state index < -0.39 is 0 Å². The number of aromatic hydroxyl groups is 2. The fraction of sp³-hybridized carbons (Fsp3) is 0.0625. The molecule has 98 valence electrons. The maximum atomic E-state index is 9.60. The Morgan fingerprint density at radius 1 is 0.950 bits per heavy atom. The van der Waals surface area contributed by atoms with Crippen molar-refractivity contribution in [3.05, 3.63) is 58.7 Å². The zero-order valence-electron chi connectivity index (χ0n) is 10.4. The number of benzene rings is 2. The van der Waals surface area contributed by atoms with Crippen molar-refractivity contribution in [2.75, 3.05) is 0 Å². The van der Waals surface area contributed by atoms with E-state index in [1.54, 1.807) is 30.3 Å². The van der Waals surface area contributed by atoms with Gasteiger partial charge in [0.25, 0.3) is 0 Å². The lowest BCUT2D eigenvalue weighted by molar-refractivity contribution is 0.474. The van der Waals surface area contributed by atoms with Crippen LogP contribution in [0.5, 0.6) is 11.5 Å². The predicted molar refractivity (Wildman–Crippen MR) is 78.9 cm³/mol. The summed E-state index contributed by atoms with van der Waals surface area (Å²) < 4.78 is 0. The predicted octanol–water partition coefficient (Wildman–Crippen LogP) is 3.74. The first-order valence-corrected chi connectivity index (χ1v) is 6.64. The second kappa shape index (κ2) is 3.87. The van der Waals surface area contributed by atoms with Crippen LogP contribution in [0, 0.1) is 0 Å². The summed E-state index contributed by atoms with van der Waals surface area (Å²) in [5.74, 6) is 0.421. The van der Waals surface area contributed by atoms with Crippen molar-refractivity contribution in [1.29, 1.82) is 0 Å². The van der Waals surface area contributed by atoms with Gasteiger partial charge in [0, 0.05) is 23.1 Å². The molecule has 1 aliphatic carbocycles. The number of fused-ring (bicyclic) bond motifs is 4. The molecular weight excluding hydrogens is 274 g/mol. The fourth-order valence-electron chi connectivity index (χ4n) is 2.77. The quantitative estimate of drug-likeness (QED) is 0.774. The normalized spacial score (nSPS) is 15.6. The molecule has 3 nitrogen and oxygen atoms in total. The number of aliphatic imine (C=N–C) groups is 1. The molecule has 4 rings (SSSR count). The Hall–Kier alpha value is -2.26. The summed E-state index contributed by atoms with van der Waals surface area (Å²) in [4.78, 5) is 4.65. The van der Waals surface area contributed by atoms with E-state index in [4.69, 9.17) is 11.6 Å². The fourth-order valence-corrected chi connectivity index (χ4v) is 3.08. The van der Waals surface area contributed by atoms with E-state index in [0.29, 0.717) is 11.5 Å². The Bertz CT molecular complexity index is 821. The van der Waals surface area contributed by atoms with Crippen molar-refractivity contribution in [1.82, 2.24) is 0 Å². The molecule has 0 bridgehead atoms. The third-order valence-corrected chi connectivity index (χ3v) is 4.14. The van der Waals surface area contributed by atoms with Crippen LogP contribution in [-0.4, -0.2) is 15.9 Å². The lowest BCUT2D eigenvalue weighted by Gasteiger charge is -2.16. The largest absolute Gasteiger partial charge is 0.508 e. The first-order valence-electron chi connectivity index (χ1n) is 6.27. The van der Waals surface area contributed by atoms with Crippen LogP contribution in [0.15, 0.2) is 47.0 Å². The smallest absolute Gasteiger partial charge is 0.116 e. The van der Waals surface area contributed by atoms with E-state index in [9.17, 15) is 10.2 Å². The summed E-state index contributed by atoms with van der Waals surface area (Å²) in [6.45, 7) is 0. The van der Waals surface area contributed by atoms with Gasteiger partial charge in [-0.05, 0) is 42.0 Å². The molecule has 0 fully saturated rings. The van der Waals surface area contributed by atoms with Crippen molar-refractivity contribution in [2.45, 2.75) is 6.42 Å². The zero-order chi connectivity index (χ0) is 13.9. The molecule has 0 spiro atoms. The maximum absolute atomic E-state index is 9.60. The first-order chi connectivity index (χ1) is 9.63. The van der Waals surface area contributed by atoms with Gasteiger partial charge in [0.05, 0.1) is 16.4 Å². The van der Waals surface area contributed by atoms with Crippen LogP contribution < -0.4 is 0 Å². The van der Waals surface area contributed by atoms with E-state index in [-0.39, 0.29) is 11.5 Å². The van der Waals surface area contributed by atoms with Crippen molar-refractivity contribution in [2.24, 2.45) is 4.99 Å². The van der Waals surface area contributed by atoms with Crippen LogP contribution in [0.25, 0.3) is 5.03 Å². The van der Waals surface area contributed by atoms with Gasteiger partial charge in [-0.25, -0.2) is 4.99 Å². The number of nitrogens with zero attached hydrogens (tertiary/aromatic N) is 1. The average molecular weight is 284 g/mol. The third kappa shape index (κ3) is 1.50. The standard InChI is InChI=1S/C16H10ClNO2/c17-15-12-7-10(20)1-3-11(12)16-13(15)6-8-5-9(19)2-4-14(8)18-16/h1-5,7,19-20H,6H2. The van der Waals surface area contributed by atoms with E-state index in [1.807, 2.05) is 6.07 Å². The van der Waals surface area contributed by atoms with Gasteiger partial charge in [-0.3, -0.25) is 0 Å². The SMILES string of the molecule is Oc1ccc2c(c1)CC1=C(Cl)c3cc(O)ccc3C1=N2. The second-order valence-electron chi connectivity index (χ2n) is 4.97. The molecule has 0 radical (unpaired) electrons. The number of allylic oxidation sites excluding steroid dienone is 1. The summed E-state index contributed by atoms with van der Waals surface area (Å²) in [7, 11) is 0. The Morgan fingerprint density at radius 3 is 2.55 bits per heavy atom. The Morgan fingerprint density at radius 2 is 1.70 bits per heavy atom. The minimum Gasteiger partial charge on any atom is -0.508 e. The van der Waals surface area contributed by atoms with E-state index >= 15 is 0 Å². The van der Waals surface area contributed by atoms with E-state index in [1.165, 1.54) is 0 Å². The average Bonchev–Trinajstić information content (AvgIpc) is 2.69. The Balaban J connectivity index is 1.97. The molecule has 2 aliphatic rings. The number of halogens is 1. The van der Waals surface area contributed by atoms with Crippen LogP contribution in [0.3, 0.4) is 0 Å². The van der Waals surface area contributed by atoms with Crippen molar-refractivity contribution in [3.63, 3.8) is 0 Å². The molecule has 1 aliphatic heterocycles. The summed E-state index contributed by atoms with van der Waals surface area (Å²) in [6.07, 6.45) is 0.636. The van der Waals surface area contributed by atoms with Gasteiger partial charge in [0.1, 0.15) is 11.5 Å². The molecule has 0 amide bonds.